The first-order valence-electron chi connectivity index (χ1n) is 5.22. The van der Waals surface area contributed by atoms with E-state index in [2.05, 4.69) is 13.8 Å². The summed E-state index contributed by atoms with van der Waals surface area (Å²) in [4.78, 5) is 11.7. The second-order valence-corrected chi connectivity index (χ2v) is 4.29. The Morgan fingerprint density at radius 1 is 1.33 bits per heavy atom. The molecule has 0 spiro atoms. The van der Waals surface area contributed by atoms with Crippen molar-refractivity contribution >= 4 is 5.78 Å². The molecule has 0 N–H and O–H groups in total. The van der Waals surface area contributed by atoms with Gasteiger partial charge in [-0.3, -0.25) is 4.79 Å². The number of carbonyl (C=O) groups excluding carboxylic acids is 1. The summed E-state index contributed by atoms with van der Waals surface area (Å²) in [5.74, 6) is 0.516. The summed E-state index contributed by atoms with van der Waals surface area (Å²) in [5, 5.41) is 0. The molecule has 0 heterocycles. The molecule has 1 aliphatic carbocycles. The minimum Gasteiger partial charge on any atom is -0.299 e. The van der Waals surface area contributed by atoms with E-state index >= 15 is 0 Å². The van der Waals surface area contributed by atoms with Crippen LogP contribution in [-0.4, -0.2) is 5.78 Å². The van der Waals surface area contributed by atoms with Crippen LogP contribution >= 0.6 is 0 Å². The number of carbonyl (C=O) groups is 1. The van der Waals surface area contributed by atoms with Gasteiger partial charge in [0.15, 0.2) is 0 Å². The third-order valence-corrected chi connectivity index (χ3v) is 3.14. The van der Waals surface area contributed by atoms with Crippen LogP contribution in [0, 0.1) is 5.41 Å². The minimum atomic E-state index is 0.0647. The van der Waals surface area contributed by atoms with Crippen LogP contribution in [0.5, 0.6) is 0 Å². The maximum Gasteiger partial charge on any atom is 0.138 e. The molecule has 1 nitrogen and oxygen atoms in total. The van der Waals surface area contributed by atoms with E-state index < -0.39 is 0 Å². The van der Waals surface area contributed by atoms with Crippen molar-refractivity contribution in [2.45, 2.75) is 58.8 Å². The third kappa shape index (κ3) is 2.09. The van der Waals surface area contributed by atoms with Gasteiger partial charge in [-0.05, 0) is 19.3 Å². The first kappa shape index (κ1) is 9.76. The van der Waals surface area contributed by atoms with Gasteiger partial charge in [0.05, 0.1) is 0 Å². The van der Waals surface area contributed by atoms with E-state index in [4.69, 9.17) is 0 Å². The minimum absolute atomic E-state index is 0.0647. The second-order valence-electron chi connectivity index (χ2n) is 4.29. The van der Waals surface area contributed by atoms with Crippen LogP contribution in [0.15, 0.2) is 0 Å². The number of hydrogen-bond donors (Lipinski definition) is 0. The molecule has 0 aliphatic heterocycles. The summed E-state index contributed by atoms with van der Waals surface area (Å²) >= 11 is 0. The van der Waals surface area contributed by atoms with Gasteiger partial charge in [0, 0.05) is 11.8 Å². The average molecular weight is 168 g/mol. The van der Waals surface area contributed by atoms with E-state index in [9.17, 15) is 4.79 Å². The summed E-state index contributed by atoms with van der Waals surface area (Å²) in [6.45, 7) is 4.29. The smallest absolute Gasteiger partial charge is 0.138 e. The highest BCUT2D eigenvalue weighted by Crippen LogP contribution is 2.39. The largest absolute Gasteiger partial charge is 0.299 e. The van der Waals surface area contributed by atoms with Crippen LogP contribution in [0.25, 0.3) is 0 Å². The first-order valence-corrected chi connectivity index (χ1v) is 5.22. The second kappa shape index (κ2) is 4.06. The van der Waals surface area contributed by atoms with Gasteiger partial charge in [-0.25, -0.2) is 0 Å². The fourth-order valence-corrected chi connectivity index (χ4v) is 2.07. The zero-order valence-corrected chi connectivity index (χ0v) is 8.36. The summed E-state index contributed by atoms with van der Waals surface area (Å²) < 4.78 is 0. The van der Waals surface area contributed by atoms with E-state index in [1.54, 1.807) is 0 Å². The SMILES string of the molecule is CCCCC(=O)C1(C)CCCC1. The molecule has 1 aliphatic rings. The van der Waals surface area contributed by atoms with Crippen LogP contribution in [0.4, 0.5) is 0 Å². The Bertz CT molecular complexity index is 154. The molecule has 0 radical (unpaired) electrons. The molecule has 0 bridgehead atoms. The quantitative estimate of drug-likeness (QED) is 0.629. The molecule has 1 saturated carbocycles. The number of rotatable bonds is 4. The molecule has 0 aromatic carbocycles. The molecular weight excluding hydrogens is 148 g/mol. The van der Waals surface area contributed by atoms with E-state index in [0.717, 1.165) is 32.1 Å². The highest BCUT2D eigenvalue weighted by molar-refractivity contribution is 5.84. The molecule has 12 heavy (non-hydrogen) atoms. The first-order chi connectivity index (χ1) is 5.69. The Labute approximate surface area is 75.5 Å². The van der Waals surface area contributed by atoms with Crippen LogP contribution in [-0.2, 0) is 4.79 Å². The summed E-state index contributed by atoms with van der Waals surface area (Å²) in [6.07, 6.45) is 7.82. The highest BCUT2D eigenvalue weighted by atomic mass is 16.1. The normalized spacial score (nSPS) is 21.2. The topological polar surface area (TPSA) is 17.1 Å². The van der Waals surface area contributed by atoms with Gasteiger partial charge in [0.1, 0.15) is 5.78 Å². The van der Waals surface area contributed by atoms with E-state index in [0.29, 0.717) is 5.78 Å². The van der Waals surface area contributed by atoms with Crippen molar-refractivity contribution in [3.05, 3.63) is 0 Å². The lowest BCUT2D eigenvalue weighted by Crippen LogP contribution is -2.23. The Balaban J connectivity index is 2.39. The van der Waals surface area contributed by atoms with Gasteiger partial charge in [0.2, 0.25) is 0 Å². The molecular formula is C11H20O. The molecule has 1 rings (SSSR count). The van der Waals surface area contributed by atoms with Crippen LogP contribution in [0.3, 0.4) is 0 Å². The van der Waals surface area contributed by atoms with Crippen LogP contribution in [0.2, 0.25) is 0 Å². The number of unbranched alkanes of at least 4 members (excludes halogenated alkanes) is 1. The van der Waals surface area contributed by atoms with Crippen molar-refractivity contribution in [1.82, 2.24) is 0 Å². The Kier molecular flexibility index (Phi) is 3.30. The van der Waals surface area contributed by atoms with Gasteiger partial charge in [-0.1, -0.05) is 33.1 Å². The molecule has 70 valence electrons. The van der Waals surface area contributed by atoms with E-state index in [1.807, 2.05) is 0 Å². The summed E-state index contributed by atoms with van der Waals surface area (Å²) in [7, 11) is 0. The van der Waals surface area contributed by atoms with E-state index in [-0.39, 0.29) is 5.41 Å². The van der Waals surface area contributed by atoms with Crippen LogP contribution < -0.4 is 0 Å². The lowest BCUT2D eigenvalue weighted by molar-refractivity contribution is -0.127. The monoisotopic (exact) mass is 168 g/mol. The number of Topliss-reactive ketones (excluding diaryl/α,β-unsaturated/α-hetero) is 1. The highest BCUT2D eigenvalue weighted by Gasteiger charge is 2.34. The third-order valence-electron chi connectivity index (χ3n) is 3.14. The number of ketones is 1. The summed E-state index contributed by atoms with van der Waals surface area (Å²) in [6, 6.07) is 0. The van der Waals surface area contributed by atoms with Gasteiger partial charge >= 0.3 is 0 Å². The van der Waals surface area contributed by atoms with Gasteiger partial charge in [0.25, 0.3) is 0 Å². The predicted octanol–water partition coefficient (Wildman–Crippen LogP) is 3.33. The van der Waals surface area contributed by atoms with Gasteiger partial charge < -0.3 is 0 Å². The zero-order chi connectivity index (χ0) is 9.03. The van der Waals surface area contributed by atoms with Crippen molar-refractivity contribution in [1.29, 1.82) is 0 Å². The lowest BCUT2D eigenvalue weighted by atomic mass is 9.82. The maximum absolute atomic E-state index is 11.7. The Morgan fingerprint density at radius 2 is 1.92 bits per heavy atom. The lowest BCUT2D eigenvalue weighted by Gasteiger charge is -2.21. The van der Waals surface area contributed by atoms with Crippen LogP contribution in [0.1, 0.15) is 58.8 Å². The zero-order valence-electron chi connectivity index (χ0n) is 8.36. The Morgan fingerprint density at radius 3 is 2.42 bits per heavy atom. The molecule has 0 saturated heterocycles. The average Bonchev–Trinajstić information content (AvgIpc) is 2.49. The molecule has 1 heteroatoms. The van der Waals surface area contributed by atoms with Crippen molar-refractivity contribution in [3.63, 3.8) is 0 Å². The predicted molar refractivity (Wildman–Crippen MR) is 51.1 cm³/mol. The van der Waals surface area contributed by atoms with Crippen molar-refractivity contribution in [2.75, 3.05) is 0 Å². The Hall–Kier alpha value is -0.330. The summed E-state index contributed by atoms with van der Waals surface area (Å²) in [5.41, 5.74) is 0.0647. The van der Waals surface area contributed by atoms with Crippen molar-refractivity contribution < 1.29 is 4.79 Å². The molecule has 0 aromatic rings. The number of hydrogen-bond acceptors (Lipinski definition) is 1. The maximum atomic E-state index is 11.7. The molecule has 1 fully saturated rings. The standard InChI is InChI=1S/C11H20O/c1-3-4-7-10(12)11(2)8-5-6-9-11/h3-9H2,1-2H3. The molecule has 0 aromatic heterocycles. The van der Waals surface area contributed by atoms with E-state index in [1.165, 1.54) is 12.8 Å². The van der Waals surface area contributed by atoms with Gasteiger partial charge in [-0.15, -0.1) is 0 Å². The molecule has 0 amide bonds. The van der Waals surface area contributed by atoms with Crippen molar-refractivity contribution in [3.8, 4) is 0 Å². The fraction of sp³-hybridized carbons (Fsp3) is 0.909. The van der Waals surface area contributed by atoms with Gasteiger partial charge in [-0.2, -0.15) is 0 Å². The molecule has 0 atom stereocenters. The van der Waals surface area contributed by atoms with Crippen molar-refractivity contribution in [2.24, 2.45) is 5.41 Å². The fourth-order valence-electron chi connectivity index (χ4n) is 2.07. The molecule has 0 unspecified atom stereocenters.